The van der Waals surface area contributed by atoms with E-state index in [-0.39, 0.29) is 6.61 Å². The number of amides is 1. The van der Waals surface area contributed by atoms with E-state index in [1.54, 1.807) is 12.1 Å². The number of carbonyl (C=O) groups is 2. The fourth-order valence-corrected chi connectivity index (χ4v) is 3.51. The highest BCUT2D eigenvalue weighted by atomic mass is 35.5. The van der Waals surface area contributed by atoms with E-state index in [1.807, 2.05) is 54.8 Å². The third kappa shape index (κ3) is 4.31. The Morgan fingerprint density at radius 2 is 1.88 bits per heavy atom. The molecule has 0 saturated heterocycles. The van der Waals surface area contributed by atoms with E-state index in [2.05, 4.69) is 5.32 Å². The lowest BCUT2D eigenvalue weighted by Gasteiger charge is -2.09. The quantitative estimate of drug-likeness (QED) is 0.616. The summed E-state index contributed by atoms with van der Waals surface area (Å²) in [5.41, 5.74) is 3.20. The van der Waals surface area contributed by atoms with Gasteiger partial charge in [-0.15, -0.1) is 11.3 Å². The van der Waals surface area contributed by atoms with Gasteiger partial charge in [0.2, 0.25) is 0 Å². The highest BCUT2D eigenvalue weighted by molar-refractivity contribution is 7.12. The molecule has 0 spiro atoms. The lowest BCUT2D eigenvalue weighted by atomic mass is 10.1. The van der Waals surface area contributed by atoms with Crippen molar-refractivity contribution in [3.63, 3.8) is 0 Å². The largest absolute Gasteiger partial charge is 0.451 e. The Morgan fingerprint density at radius 1 is 1.12 bits per heavy atom. The monoisotopic (exact) mass is 385 g/mol. The van der Waals surface area contributed by atoms with Gasteiger partial charge in [0.25, 0.3) is 5.91 Å². The van der Waals surface area contributed by atoms with Crippen LogP contribution < -0.4 is 5.32 Å². The normalized spacial score (nSPS) is 10.4. The highest BCUT2D eigenvalue weighted by Gasteiger charge is 2.17. The van der Waals surface area contributed by atoms with Crippen LogP contribution in [0.15, 0.2) is 60.0 Å². The van der Waals surface area contributed by atoms with E-state index in [9.17, 15) is 9.59 Å². The molecule has 2 aromatic carbocycles. The Kier molecular flexibility index (Phi) is 5.71. The number of halogens is 1. The Balaban J connectivity index is 1.63. The number of ether oxygens (including phenoxy) is 1. The molecule has 0 radical (unpaired) electrons. The summed E-state index contributed by atoms with van der Waals surface area (Å²) in [7, 11) is 0. The van der Waals surface area contributed by atoms with Gasteiger partial charge < -0.3 is 10.1 Å². The van der Waals surface area contributed by atoms with Crippen LogP contribution in [0.2, 0.25) is 5.02 Å². The second kappa shape index (κ2) is 8.17. The number of nitrogens with one attached hydrogen (secondary N) is 1. The maximum Gasteiger partial charge on any atom is 0.349 e. The molecule has 6 heteroatoms. The van der Waals surface area contributed by atoms with Crippen LogP contribution in [-0.4, -0.2) is 18.5 Å². The Bertz CT molecular complexity index is 937. The number of carbonyl (C=O) groups excluding carboxylic acids is 2. The molecule has 0 unspecified atom stereocenters. The fraction of sp³-hybridized carbons (Fsp3) is 0.100. The SMILES string of the molecule is Cc1ccc(NC(=O)COC(=O)c2sccc2-c2ccccc2)c(Cl)c1. The van der Waals surface area contributed by atoms with E-state index in [4.69, 9.17) is 16.3 Å². The molecule has 1 aromatic heterocycles. The summed E-state index contributed by atoms with van der Waals surface area (Å²) in [6, 6.07) is 16.7. The molecule has 0 fully saturated rings. The molecule has 3 aromatic rings. The number of aryl methyl sites for hydroxylation is 1. The molecule has 4 nitrogen and oxygen atoms in total. The van der Waals surface area contributed by atoms with Crippen molar-refractivity contribution in [2.45, 2.75) is 6.92 Å². The van der Waals surface area contributed by atoms with Gasteiger partial charge in [0.1, 0.15) is 4.88 Å². The second-order valence-electron chi connectivity index (χ2n) is 5.64. The summed E-state index contributed by atoms with van der Waals surface area (Å²) in [6.45, 7) is 1.53. The molecule has 0 saturated carbocycles. The zero-order chi connectivity index (χ0) is 18.5. The van der Waals surface area contributed by atoms with E-state index in [1.165, 1.54) is 11.3 Å². The molecule has 0 aliphatic rings. The number of rotatable bonds is 5. The Labute approximate surface area is 160 Å². The van der Waals surface area contributed by atoms with Gasteiger partial charge >= 0.3 is 5.97 Å². The van der Waals surface area contributed by atoms with Gasteiger partial charge in [-0.1, -0.05) is 48.0 Å². The topological polar surface area (TPSA) is 55.4 Å². The molecule has 132 valence electrons. The zero-order valence-corrected chi connectivity index (χ0v) is 15.6. The number of hydrogen-bond donors (Lipinski definition) is 1. The van der Waals surface area contributed by atoms with Crippen molar-refractivity contribution >= 4 is 40.5 Å². The standard InChI is InChI=1S/C20H16ClNO3S/c1-13-7-8-17(16(21)11-13)22-18(23)12-25-20(24)19-15(9-10-26-19)14-5-3-2-4-6-14/h2-11H,12H2,1H3,(H,22,23). The molecular formula is C20H16ClNO3S. The lowest BCUT2D eigenvalue weighted by molar-refractivity contribution is -0.119. The molecule has 0 atom stereocenters. The summed E-state index contributed by atoms with van der Waals surface area (Å²) >= 11 is 7.37. The first-order chi connectivity index (χ1) is 12.5. The summed E-state index contributed by atoms with van der Waals surface area (Å²) < 4.78 is 5.16. The molecule has 1 N–H and O–H groups in total. The van der Waals surface area contributed by atoms with Gasteiger partial charge in [0.15, 0.2) is 6.61 Å². The molecule has 0 aliphatic carbocycles. The summed E-state index contributed by atoms with van der Waals surface area (Å²) in [6.07, 6.45) is 0. The average molecular weight is 386 g/mol. The van der Waals surface area contributed by atoms with E-state index < -0.39 is 11.9 Å². The number of benzene rings is 2. The summed E-state index contributed by atoms with van der Waals surface area (Å²) in [4.78, 5) is 24.9. The van der Waals surface area contributed by atoms with Gasteiger partial charge in [-0.2, -0.15) is 0 Å². The maximum atomic E-state index is 12.4. The number of thiophene rings is 1. The van der Waals surface area contributed by atoms with Crippen LogP contribution >= 0.6 is 22.9 Å². The van der Waals surface area contributed by atoms with Crippen molar-refractivity contribution in [3.8, 4) is 11.1 Å². The minimum Gasteiger partial charge on any atom is -0.451 e. The van der Waals surface area contributed by atoms with Gasteiger partial charge in [-0.05, 0) is 41.6 Å². The summed E-state index contributed by atoms with van der Waals surface area (Å²) in [5, 5.41) is 4.90. The van der Waals surface area contributed by atoms with E-state index >= 15 is 0 Å². The van der Waals surface area contributed by atoms with E-state index in [0.29, 0.717) is 15.6 Å². The zero-order valence-electron chi connectivity index (χ0n) is 14.0. The number of hydrogen-bond acceptors (Lipinski definition) is 4. The van der Waals surface area contributed by atoms with Crippen LogP contribution in [0.25, 0.3) is 11.1 Å². The van der Waals surface area contributed by atoms with Crippen molar-refractivity contribution in [1.82, 2.24) is 0 Å². The van der Waals surface area contributed by atoms with Crippen molar-refractivity contribution in [2.24, 2.45) is 0 Å². The minimum atomic E-state index is -0.524. The smallest absolute Gasteiger partial charge is 0.349 e. The molecule has 1 amide bonds. The van der Waals surface area contributed by atoms with Crippen molar-refractivity contribution < 1.29 is 14.3 Å². The van der Waals surface area contributed by atoms with Gasteiger partial charge in [-0.3, -0.25) is 4.79 Å². The molecule has 1 heterocycles. The Morgan fingerprint density at radius 3 is 2.62 bits per heavy atom. The predicted molar refractivity (Wildman–Crippen MR) is 105 cm³/mol. The van der Waals surface area contributed by atoms with Gasteiger partial charge in [0.05, 0.1) is 10.7 Å². The maximum absolute atomic E-state index is 12.4. The highest BCUT2D eigenvalue weighted by Crippen LogP contribution is 2.29. The van der Waals surface area contributed by atoms with Crippen LogP contribution in [0.3, 0.4) is 0 Å². The molecule has 26 heavy (non-hydrogen) atoms. The molecular weight excluding hydrogens is 370 g/mol. The predicted octanol–water partition coefficient (Wildman–Crippen LogP) is 5.17. The molecule has 0 aliphatic heterocycles. The van der Waals surface area contributed by atoms with Crippen molar-refractivity contribution in [1.29, 1.82) is 0 Å². The van der Waals surface area contributed by atoms with Gasteiger partial charge in [0, 0.05) is 5.56 Å². The lowest BCUT2D eigenvalue weighted by Crippen LogP contribution is -2.21. The van der Waals surface area contributed by atoms with Crippen molar-refractivity contribution in [3.05, 3.63) is 75.4 Å². The minimum absolute atomic E-state index is 0.380. The van der Waals surface area contributed by atoms with Crippen LogP contribution in [0.4, 0.5) is 5.69 Å². The van der Waals surface area contributed by atoms with Crippen LogP contribution in [0.1, 0.15) is 15.2 Å². The van der Waals surface area contributed by atoms with Crippen LogP contribution in [0, 0.1) is 6.92 Å². The fourth-order valence-electron chi connectivity index (χ4n) is 2.42. The molecule has 0 bridgehead atoms. The molecule has 3 rings (SSSR count). The third-order valence-electron chi connectivity index (χ3n) is 3.67. The summed E-state index contributed by atoms with van der Waals surface area (Å²) in [5.74, 6) is -0.967. The first-order valence-corrected chi connectivity index (χ1v) is 9.16. The van der Waals surface area contributed by atoms with Crippen molar-refractivity contribution in [2.75, 3.05) is 11.9 Å². The second-order valence-corrected chi connectivity index (χ2v) is 6.96. The van der Waals surface area contributed by atoms with E-state index in [0.717, 1.165) is 16.7 Å². The van der Waals surface area contributed by atoms with Crippen LogP contribution in [0.5, 0.6) is 0 Å². The Hall–Kier alpha value is -2.63. The first-order valence-electron chi connectivity index (χ1n) is 7.90. The number of anilines is 1. The first kappa shape index (κ1) is 18.2. The van der Waals surface area contributed by atoms with Gasteiger partial charge in [-0.25, -0.2) is 4.79 Å². The number of esters is 1. The average Bonchev–Trinajstić information content (AvgIpc) is 3.13. The van der Waals surface area contributed by atoms with Crippen LogP contribution in [-0.2, 0) is 9.53 Å². The third-order valence-corrected chi connectivity index (χ3v) is 4.88.